The molecule has 0 N–H and O–H groups in total. The van der Waals surface area contributed by atoms with E-state index in [1.54, 1.807) is 11.4 Å². The lowest BCUT2D eigenvalue weighted by atomic mass is 10.0. The Balaban J connectivity index is 0.00000300. The summed E-state index contributed by atoms with van der Waals surface area (Å²) in [5.74, 6) is 0.847. The number of methoxy groups -OCH3 is 1. The highest BCUT2D eigenvalue weighted by Gasteiger charge is 2.31. The van der Waals surface area contributed by atoms with Gasteiger partial charge in [0.2, 0.25) is 10.0 Å². The molecule has 1 fully saturated rings. The molecule has 29 heavy (non-hydrogen) atoms. The monoisotopic (exact) mass is 437 g/mol. The molecule has 3 rings (SSSR count). The summed E-state index contributed by atoms with van der Waals surface area (Å²) in [5.41, 5.74) is 4.96. The van der Waals surface area contributed by atoms with E-state index < -0.39 is 10.0 Å². The summed E-state index contributed by atoms with van der Waals surface area (Å²) in [6.45, 7) is 11.0. The van der Waals surface area contributed by atoms with Gasteiger partial charge in [-0.1, -0.05) is 18.2 Å². The van der Waals surface area contributed by atoms with E-state index in [4.69, 9.17) is 4.74 Å². The van der Waals surface area contributed by atoms with Crippen molar-refractivity contribution in [3.8, 4) is 5.75 Å². The van der Waals surface area contributed by atoms with Crippen molar-refractivity contribution in [3.05, 3.63) is 58.1 Å². The molecule has 0 amide bonds. The Bertz CT molecular complexity index is 942. The highest BCUT2D eigenvalue weighted by molar-refractivity contribution is 7.89. The largest absolute Gasteiger partial charge is 1.00 e. The van der Waals surface area contributed by atoms with Crippen molar-refractivity contribution in [1.82, 2.24) is 9.21 Å². The number of halogens is 1. The van der Waals surface area contributed by atoms with E-state index in [-0.39, 0.29) is 12.4 Å². The summed E-state index contributed by atoms with van der Waals surface area (Å²) < 4.78 is 33.7. The van der Waals surface area contributed by atoms with Crippen molar-refractivity contribution in [2.75, 3.05) is 33.3 Å². The van der Waals surface area contributed by atoms with Gasteiger partial charge in [0.05, 0.1) is 12.0 Å². The molecule has 1 aliphatic heterocycles. The number of rotatable bonds is 5. The number of ether oxygens (including phenoxy) is 1. The predicted molar refractivity (Wildman–Crippen MR) is 112 cm³/mol. The van der Waals surface area contributed by atoms with Crippen LogP contribution in [0.15, 0.2) is 35.2 Å². The molecule has 0 aliphatic carbocycles. The van der Waals surface area contributed by atoms with Crippen molar-refractivity contribution in [3.63, 3.8) is 0 Å². The van der Waals surface area contributed by atoms with Crippen molar-refractivity contribution in [2.24, 2.45) is 0 Å². The van der Waals surface area contributed by atoms with Gasteiger partial charge in [0.1, 0.15) is 5.75 Å². The molecule has 2 aromatic carbocycles. The zero-order valence-electron chi connectivity index (χ0n) is 17.8. The Morgan fingerprint density at radius 1 is 0.931 bits per heavy atom. The van der Waals surface area contributed by atoms with Gasteiger partial charge in [-0.25, -0.2) is 8.42 Å². The number of benzene rings is 2. The van der Waals surface area contributed by atoms with Crippen LogP contribution < -0.4 is 17.1 Å². The Kier molecular flexibility index (Phi) is 7.74. The van der Waals surface area contributed by atoms with Crippen molar-refractivity contribution in [1.29, 1.82) is 0 Å². The highest BCUT2D eigenvalue weighted by Crippen LogP contribution is 2.29. The van der Waals surface area contributed by atoms with Gasteiger partial charge in [-0.2, -0.15) is 4.31 Å². The lowest BCUT2D eigenvalue weighted by molar-refractivity contribution is -0.00000909. The molecule has 2 aromatic rings. The Morgan fingerprint density at radius 3 is 2.07 bits per heavy atom. The number of nitrogens with zero attached hydrogens (tertiary/aromatic N) is 2. The molecule has 5 nitrogen and oxygen atoms in total. The minimum atomic E-state index is -3.49. The Labute approximate surface area is 181 Å². The first-order chi connectivity index (χ1) is 13.2. The summed E-state index contributed by atoms with van der Waals surface area (Å²) in [7, 11) is -1.82. The third kappa shape index (κ3) is 4.94. The molecule has 7 heteroatoms. The van der Waals surface area contributed by atoms with Crippen LogP contribution in [0, 0.1) is 27.7 Å². The molecule has 160 valence electrons. The second-order valence-electron chi connectivity index (χ2n) is 7.62. The second-order valence-corrected chi connectivity index (χ2v) is 9.50. The van der Waals surface area contributed by atoms with Crippen molar-refractivity contribution < 1.29 is 25.6 Å². The number of aryl methyl sites for hydroxylation is 2. The molecule has 0 aromatic heterocycles. The smallest absolute Gasteiger partial charge is 0.243 e. The van der Waals surface area contributed by atoms with E-state index >= 15 is 0 Å². The first-order valence-electron chi connectivity index (χ1n) is 9.67. The fourth-order valence-corrected chi connectivity index (χ4v) is 5.85. The topological polar surface area (TPSA) is 49.9 Å². The van der Waals surface area contributed by atoms with E-state index in [9.17, 15) is 8.42 Å². The van der Waals surface area contributed by atoms with Crippen LogP contribution in [0.25, 0.3) is 0 Å². The number of piperazine rings is 1. The molecule has 0 spiro atoms. The van der Waals surface area contributed by atoms with Crippen LogP contribution in [0.3, 0.4) is 0 Å². The number of hydrogen-bond donors (Lipinski definition) is 0. The molecule has 1 aliphatic rings. The maximum Gasteiger partial charge on any atom is 0.243 e. The van der Waals surface area contributed by atoms with Crippen LogP contribution in [0.1, 0.15) is 27.8 Å². The highest BCUT2D eigenvalue weighted by atomic mass is 35.5. The standard InChI is InChI=1S/C22H30N2O3S.ClH/c1-16-13-17(2)19(4)22(18(16)3)28(25,26)24-11-9-23(10-12-24)15-20-7-6-8-21(14-20)27-5;/h6-8,13-14H,9-12,15H2,1-5H3;1H/p-1. The van der Waals surface area contributed by atoms with Crippen molar-refractivity contribution in [2.45, 2.75) is 39.1 Å². The van der Waals surface area contributed by atoms with Crippen LogP contribution in [-0.2, 0) is 16.6 Å². The van der Waals surface area contributed by atoms with Gasteiger partial charge in [0.15, 0.2) is 0 Å². The van der Waals surface area contributed by atoms with Gasteiger partial charge >= 0.3 is 0 Å². The van der Waals surface area contributed by atoms with E-state index in [1.807, 2.05) is 45.9 Å². The molecule has 0 unspecified atom stereocenters. The van der Waals surface area contributed by atoms with Crippen LogP contribution in [0.5, 0.6) is 5.75 Å². The lowest BCUT2D eigenvalue weighted by Gasteiger charge is -2.34. The summed E-state index contributed by atoms with van der Waals surface area (Å²) >= 11 is 0. The van der Waals surface area contributed by atoms with Crippen LogP contribution in [0.4, 0.5) is 0 Å². The summed E-state index contributed by atoms with van der Waals surface area (Å²) in [5, 5.41) is 0. The van der Waals surface area contributed by atoms with Crippen LogP contribution in [-0.4, -0.2) is 50.9 Å². The summed E-state index contributed by atoms with van der Waals surface area (Å²) in [6.07, 6.45) is 0. The minimum absolute atomic E-state index is 0. The quantitative estimate of drug-likeness (QED) is 0.681. The summed E-state index contributed by atoms with van der Waals surface area (Å²) in [6, 6.07) is 10.1. The van der Waals surface area contributed by atoms with Crippen molar-refractivity contribution >= 4 is 10.0 Å². The average Bonchev–Trinajstić information content (AvgIpc) is 2.67. The van der Waals surface area contributed by atoms with E-state index in [0.29, 0.717) is 18.0 Å². The zero-order chi connectivity index (χ0) is 20.5. The molecule has 1 heterocycles. The third-order valence-electron chi connectivity index (χ3n) is 5.77. The zero-order valence-corrected chi connectivity index (χ0v) is 19.4. The van der Waals surface area contributed by atoms with Crippen LogP contribution in [0.2, 0.25) is 0 Å². The molecular weight excluding hydrogens is 408 g/mol. The average molecular weight is 438 g/mol. The van der Waals surface area contributed by atoms with Gasteiger partial charge in [-0.05, 0) is 67.6 Å². The molecule has 1 saturated heterocycles. The first kappa shape index (κ1) is 23.7. The van der Waals surface area contributed by atoms with E-state index in [1.165, 1.54) is 5.56 Å². The maximum atomic E-state index is 13.4. The molecule has 0 atom stereocenters. The third-order valence-corrected chi connectivity index (χ3v) is 7.94. The van der Waals surface area contributed by atoms with Gasteiger partial charge in [-0.15, -0.1) is 0 Å². The normalized spacial score (nSPS) is 15.8. The van der Waals surface area contributed by atoms with Gasteiger partial charge in [0.25, 0.3) is 0 Å². The number of sulfonamides is 1. The predicted octanol–water partition coefficient (Wildman–Crippen LogP) is 0.439. The SMILES string of the molecule is COc1cccc(CN2CCN(S(=O)(=O)c3c(C)c(C)cc(C)c3C)CC2)c1.[Cl-]. The minimum Gasteiger partial charge on any atom is -1.00 e. The fraction of sp³-hybridized carbons (Fsp3) is 0.455. The lowest BCUT2D eigenvalue weighted by Crippen LogP contribution is -3.00. The Morgan fingerprint density at radius 2 is 1.52 bits per heavy atom. The summed E-state index contributed by atoms with van der Waals surface area (Å²) in [4.78, 5) is 2.79. The first-order valence-corrected chi connectivity index (χ1v) is 11.1. The molecule has 0 bridgehead atoms. The maximum absolute atomic E-state index is 13.4. The number of hydrogen-bond acceptors (Lipinski definition) is 4. The molecule has 0 radical (unpaired) electrons. The van der Waals surface area contributed by atoms with Gasteiger partial charge in [-0.3, -0.25) is 4.90 Å². The molecule has 0 saturated carbocycles. The molecular formula is C22H30ClN2O3S-. The van der Waals surface area contributed by atoms with E-state index in [0.717, 1.165) is 47.6 Å². The fourth-order valence-electron chi connectivity index (χ4n) is 3.85. The van der Waals surface area contributed by atoms with Gasteiger partial charge in [0, 0.05) is 32.7 Å². The Hall–Kier alpha value is -1.60. The second kappa shape index (κ2) is 9.47. The van der Waals surface area contributed by atoms with E-state index in [2.05, 4.69) is 17.0 Å². The van der Waals surface area contributed by atoms with Gasteiger partial charge < -0.3 is 17.1 Å². The van der Waals surface area contributed by atoms with Crippen LogP contribution >= 0.6 is 0 Å².